The van der Waals surface area contributed by atoms with E-state index in [1.165, 1.54) is 44.7 Å². The molecule has 0 atom stereocenters. The lowest BCUT2D eigenvalue weighted by Crippen LogP contribution is -2.21. The maximum atomic E-state index is 6.20. The van der Waals surface area contributed by atoms with Crippen molar-refractivity contribution in [1.82, 2.24) is 0 Å². The standard InChI is InChI=1S/C17H27ClN4O/c1-2-3-4-5-6-7-8-11-23-16-10-9-14(12-15(16)18)13-21-22-17(19)20/h9-10,12-13H,2-8,11H2,1H3,(H4,19,20,22)/b21-13-. The molecule has 1 aromatic carbocycles. The molecule has 0 saturated heterocycles. The predicted octanol–water partition coefficient (Wildman–Crippen LogP) is 4.08. The molecule has 0 aliphatic heterocycles. The number of rotatable bonds is 11. The minimum Gasteiger partial charge on any atom is -0.492 e. The summed E-state index contributed by atoms with van der Waals surface area (Å²) < 4.78 is 5.72. The van der Waals surface area contributed by atoms with Crippen molar-refractivity contribution in [2.45, 2.75) is 51.9 Å². The lowest BCUT2D eigenvalue weighted by atomic mass is 10.1. The topological polar surface area (TPSA) is 86.0 Å². The highest BCUT2D eigenvalue weighted by atomic mass is 35.5. The number of ether oxygens (including phenoxy) is 1. The summed E-state index contributed by atoms with van der Waals surface area (Å²) in [6, 6.07) is 5.46. The Morgan fingerprint density at radius 1 is 1.13 bits per heavy atom. The molecule has 5 nitrogen and oxygen atoms in total. The van der Waals surface area contributed by atoms with E-state index >= 15 is 0 Å². The Balaban J connectivity index is 2.30. The summed E-state index contributed by atoms with van der Waals surface area (Å²) in [4.78, 5) is 0. The lowest BCUT2D eigenvalue weighted by Gasteiger charge is -2.08. The molecule has 0 aliphatic rings. The van der Waals surface area contributed by atoms with Gasteiger partial charge in [0.05, 0.1) is 17.8 Å². The molecule has 23 heavy (non-hydrogen) atoms. The zero-order chi connectivity index (χ0) is 16.9. The molecule has 0 amide bonds. The average molecular weight is 339 g/mol. The zero-order valence-electron chi connectivity index (χ0n) is 13.8. The van der Waals surface area contributed by atoms with Gasteiger partial charge in [0.2, 0.25) is 5.96 Å². The molecule has 1 rings (SSSR count). The molecule has 0 aromatic heterocycles. The Kier molecular flexibility index (Phi) is 9.87. The minimum absolute atomic E-state index is 0.0815. The van der Waals surface area contributed by atoms with Gasteiger partial charge < -0.3 is 16.2 Å². The van der Waals surface area contributed by atoms with Crippen LogP contribution in [0.15, 0.2) is 28.4 Å². The quantitative estimate of drug-likeness (QED) is 0.276. The van der Waals surface area contributed by atoms with Gasteiger partial charge in [-0.15, -0.1) is 5.10 Å². The van der Waals surface area contributed by atoms with Gasteiger partial charge in [0.15, 0.2) is 0 Å². The Bertz CT molecular complexity index is 513. The Hall–Kier alpha value is -1.75. The van der Waals surface area contributed by atoms with Gasteiger partial charge in [-0.2, -0.15) is 5.10 Å². The molecule has 0 heterocycles. The van der Waals surface area contributed by atoms with Gasteiger partial charge in [-0.1, -0.05) is 57.0 Å². The van der Waals surface area contributed by atoms with Crippen molar-refractivity contribution in [2.75, 3.05) is 6.61 Å². The van der Waals surface area contributed by atoms with Crippen molar-refractivity contribution < 1.29 is 4.74 Å². The second-order valence-corrected chi connectivity index (χ2v) is 5.84. The van der Waals surface area contributed by atoms with Crippen molar-refractivity contribution in [2.24, 2.45) is 21.7 Å². The normalized spacial score (nSPS) is 10.9. The first kappa shape index (κ1) is 19.3. The molecule has 0 saturated carbocycles. The number of nitrogens with two attached hydrogens (primary N) is 2. The molecule has 0 radical (unpaired) electrons. The highest BCUT2D eigenvalue weighted by molar-refractivity contribution is 6.32. The van der Waals surface area contributed by atoms with Crippen LogP contribution in [0.2, 0.25) is 5.02 Å². The van der Waals surface area contributed by atoms with Crippen molar-refractivity contribution in [3.63, 3.8) is 0 Å². The Morgan fingerprint density at radius 3 is 2.48 bits per heavy atom. The number of benzene rings is 1. The van der Waals surface area contributed by atoms with Gasteiger partial charge in [-0.05, 0) is 30.2 Å². The molecule has 0 aliphatic carbocycles. The fourth-order valence-corrected chi connectivity index (χ4v) is 2.36. The fourth-order valence-electron chi connectivity index (χ4n) is 2.12. The maximum Gasteiger partial charge on any atom is 0.211 e. The van der Waals surface area contributed by atoms with Crippen LogP contribution in [0.4, 0.5) is 0 Å². The number of guanidine groups is 1. The monoisotopic (exact) mass is 338 g/mol. The number of hydrogen-bond donors (Lipinski definition) is 2. The van der Waals surface area contributed by atoms with Crippen LogP contribution in [0.5, 0.6) is 5.75 Å². The minimum atomic E-state index is -0.0815. The first-order valence-electron chi connectivity index (χ1n) is 8.17. The average Bonchev–Trinajstić information content (AvgIpc) is 2.51. The third kappa shape index (κ3) is 9.08. The maximum absolute atomic E-state index is 6.20. The SMILES string of the molecule is CCCCCCCCCOc1ccc(/C=N\N=C(N)N)cc1Cl. The molecule has 0 spiro atoms. The van der Waals surface area contributed by atoms with Crippen molar-refractivity contribution in [3.8, 4) is 5.75 Å². The lowest BCUT2D eigenvalue weighted by molar-refractivity contribution is 0.304. The van der Waals surface area contributed by atoms with Crippen LogP contribution in [0.25, 0.3) is 0 Å². The first-order chi connectivity index (χ1) is 11.1. The molecule has 4 N–H and O–H groups in total. The van der Waals surface area contributed by atoms with Gasteiger partial charge >= 0.3 is 0 Å². The van der Waals surface area contributed by atoms with Crippen molar-refractivity contribution in [1.29, 1.82) is 0 Å². The van der Waals surface area contributed by atoms with Crippen LogP contribution in [0.1, 0.15) is 57.4 Å². The molecule has 128 valence electrons. The smallest absolute Gasteiger partial charge is 0.211 e. The summed E-state index contributed by atoms with van der Waals surface area (Å²) in [5.41, 5.74) is 11.2. The summed E-state index contributed by atoms with van der Waals surface area (Å²) in [7, 11) is 0. The van der Waals surface area contributed by atoms with Gasteiger partial charge in [0.25, 0.3) is 0 Å². The molecule has 6 heteroatoms. The zero-order valence-corrected chi connectivity index (χ0v) is 14.6. The van der Waals surface area contributed by atoms with Crippen LogP contribution < -0.4 is 16.2 Å². The van der Waals surface area contributed by atoms with Crippen molar-refractivity contribution >= 4 is 23.8 Å². The van der Waals surface area contributed by atoms with E-state index in [2.05, 4.69) is 17.1 Å². The van der Waals surface area contributed by atoms with E-state index in [1.54, 1.807) is 6.07 Å². The van der Waals surface area contributed by atoms with E-state index in [9.17, 15) is 0 Å². The summed E-state index contributed by atoms with van der Waals surface area (Å²) in [5, 5.41) is 7.84. The van der Waals surface area contributed by atoms with E-state index in [-0.39, 0.29) is 5.96 Å². The number of nitrogens with zero attached hydrogens (tertiary/aromatic N) is 2. The van der Waals surface area contributed by atoms with E-state index in [1.807, 2.05) is 12.1 Å². The number of halogens is 1. The highest BCUT2D eigenvalue weighted by Gasteiger charge is 2.02. The summed E-state index contributed by atoms with van der Waals surface area (Å²) in [6.45, 7) is 2.92. The number of unbranched alkanes of at least 4 members (excludes halogenated alkanes) is 6. The van der Waals surface area contributed by atoms with Crippen LogP contribution in [-0.2, 0) is 0 Å². The number of hydrogen-bond acceptors (Lipinski definition) is 3. The molecule has 1 aromatic rings. The van der Waals surface area contributed by atoms with Crippen LogP contribution >= 0.6 is 11.6 Å². The van der Waals surface area contributed by atoms with Gasteiger partial charge in [-0.25, -0.2) is 0 Å². The molecular formula is C17H27ClN4O. The van der Waals surface area contributed by atoms with Crippen molar-refractivity contribution in [3.05, 3.63) is 28.8 Å². The van der Waals surface area contributed by atoms with Gasteiger partial charge in [0.1, 0.15) is 5.75 Å². The molecular weight excluding hydrogens is 312 g/mol. The largest absolute Gasteiger partial charge is 0.492 e. The second kappa shape index (κ2) is 11.8. The molecule has 0 unspecified atom stereocenters. The Morgan fingerprint density at radius 2 is 1.83 bits per heavy atom. The Labute approximate surface area is 143 Å². The third-order valence-corrected chi connectivity index (χ3v) is 3.64. The summed E-state index contributed by atoms with van der Waals surface area (Å²) in [5.74, 6) is 0.610. The fraction of sp³-hybridized carbons (Fsp3) is 0.529. The first-order valence-corrected chi connectivity index (χ1v) is 8.55. The van der Waals surface area contributed by atoms with Gasteiger partial charge in [-0.3, -0.25) is 0 Å². The highest BCUT2D eigenvalue weighted by Crippen LogP contribution is 2.25. The van der Waals surface area contributed by atoms with Gasteiger partial charge in [0, 0.05) is 0 Å². The van der Waals surface area contributed by atoms with Crippen LogP contribution in [-0.4, -0.2) is 18.8 Å². The molecule has 0 fully saturated rings. The third-order valence-electron chi connectivity index (χ3n) is 3.34. The second-order valence-electron chi connectivity index (χ2n) is 5.43. The van der Waals surface area contributed by atoms with E-state index in [0.29, 0.717) is 17.4 Å². The van der Waals surface area contributed by atoms with Crippen LogP contribution in [0.3, 0.4) is 0 Å². The summed E-state index contributed by atoms with van der Waals surface area (Å²) in [6.07, 6.45) is 10.3. The van der Waals surface area contributed by atoms with E-state index in [0.717, 1.165) is 12.0 Å². The van der Waals surface area contributed by atoms with E-state index in [4.69, 9.17) is 27.8 Å². The predicted molar refractivity (Wildman–Crippen MR) is 98.3 cm³/mol. The van der Waals surface area contributed by atoms with E-state index < -0.39 is 0 Å². The molecule has 0 bridgehead atoms. The summed E-state index contributed by atoms with van der Waals surface area (Å²) >= 11 is 6.20. The van der Waals surface area contributed by atoms with Crippen LogP contribution in [0, 0.1) is 0 Å².